The van der Waals surface area contributed by atoms with Crippen LogP contribution in [0.4, 0.5) is 5.00 Å². The van der Waals surface area contributed by atoms with Gasteiger partial charge in [-0.05, 0) is 19.1 Å². The highest BCUT2D eigenvalue weighted by Gasteiger charge is 2.25. The highest BCUT2D eigenvalue weighted by atomic mass is 32.1. The van der Waals surface area contributed by atoms with Crippen LogP contribution >= 0.6 is 11.3 Å². The van der Waals surface area contributed by atoms with Crippen LogP contribution in [0.2, 0.25) is 0 Å². The first-order valence-corrected chi connectivity index (χ1v) is 8.18. The molecule has 23 heavy (non-hydrogen) atoms. The first-order valence-electron chi connectivity index (χ1n) is 7.37. The zero-order chi connectivity index (χ0) is 17.2. The number of hydrogen-bond donors (Lipinski definition) is 1. The van der Waals surface area contributed by atoms with E-state index in [9.17, 15) is 9.59 Å². The zero-order valence-corrected chi connectivity index (χ0v) is 14.9. The summed E-state index contributed by atoms with van der Waals surface area (Å²) in [7, 11) is 1.73. The molecular formula is C17H22N2O3S. The van der Waals surface area contributed by atoms with Crippen molar-refractivity contribution >= 4 is 28.2 Å². The Hall–Kier alpha value is -2.08. The predicted molar refractivity (Wildman–Crippen MR) is 91.6 cm³/mol. The van der Waals surface area contributed by atoms with Gasteiger partial charge in [-0.25, -0.2) is 0 Å². The Balaban J connectivity index is 2.18. The van der Waals surface area contributed by atoms with E-state index < -0.39 is 5.41 Å². The molecule has 5 nitrogen and oxygen atoms in total. The lowest BCUT2D eigenvalue weighted by atomic mass is 9.96. The van der Waals surface area contributed by atoms with Crippen molar-refractivity contribution < 1.29 is 14.0 Å². The molecule has 6 heteroatoms. The minimum Gasteiger partial charge on any atom is -0.472 e. The van der Waals surface area contributed by atoms with Crippen LogP contribution < -0.4 is 5.32 Å². The minimum atomic E-state index is -0.513. The molecule has 0 atom stereocenters. The summed E-state index contributed by atoms with van der Waals surface area (Å²) < 4.78 is 5.03. The van der Waals surface area contributed by atoms with Gasteiger partial charge in [0, 0.05) is 29.4 Å². The number of carbonyl (C=O) groups excluding carboxylic acids is 2. The van der Waals surface area contributed by atoms with Gasteiger partial charge in [-0.1, -0.05) is 20.8 Å². The second kappa shape index (κ2) is 6.58. The molecule has 0 aliphatic carbocycles. The molecule has 0 aromatic carbocycles. The molecule has 2 amide bonds. The van der Waals surface area contributed by atoms with Gasteiger partial charge in [0.05, 0.1) is 18.1 Å². The zero-order valence-electron chi connectivity index (χ0n) is 14.1. The molecule has 0 spiro atoms. The topological polar surface area (TPSA) is 62.6 Å². The molecule has 0 aliphatic rings. The fourth-order valence-electron chi connectivity index (χ4n) is 1.99. The Morgan fingerprint density at radius 3 is 2.61 bits per heavy atom. The molecule has 124 valence electrons. The van der Waals surface area contributed by atoms with Crippen LogP contribution in [-0.4, -0.2) is 23.8 Å². The smallest absolute Gasteiger partial charge is 0.256 e. The third-order valence-electron chi connectivity index (χ3n) is 3.34. The molecule has 0 saturated heterocycles. The van der Waals surface area contributed by atoms with Gasteiger partial charge in [-0.2, -0.15) is 0 Å². The number of rotatable bonds is 4. The van der Waals surface area contributed by atoms with Crippen molar-refractivity contribution in [2.24, 2.45) is 5.41 Å². The second-order valence-corrected chi connectivity index (χ2v) is 7.85. The van der Waals surface area contributed by atoms with Crippen molar-refractivity contribution in [3.05, 3.63) is 40.7 Å². The maximum absolute atomic E-state index is 12.7. The number of nitrogens with one attached hydrogen (secondary N) is 1. The fraction of sp³-hybridized carbons (Fsp3) is 0.412. The second-order valence-electron chi connectivity index (χ2n) is 6.60. The van der Waals surface area contributed by atoms with E-state index in [4.69, 9.17) is 4.42 Å². The monoisotopic (exact) mass is 334 g/mol. The molecule has 0 bridgehead atoms. The van der Waals surface area contributed by atoms with Crippen molar-refractivity contribution in [2.75, 3.05) is 12.4 Å². The van der Waals surface area contributed by atoms with E-state index in [1.54, 1.807) is 24.5 Å². The van der Waals surface area contributed by atoms with Crippen molar-refractivity contribution in [3.8, 4) is 0 Å². The molecule has 0 radical (unpaired) electrons. The molecule has 0 fully saturated rings. The first-order chi connectivity index (χ1) is 10.7. The Morgan fingerprint density at radius 1 is 1.35 bits per heavy atom. The van der Waals surface area contributed by atoms with Crippen LogP contribution in [0.1, 0.15) is 41.6 Å². The van der Waals surface area contributed by atoms with Gasteiger partial charge in [-0.3, -0.25) is 9.59 Å². The fourth-order valence-corrected chi connectivity index (χ4v) is 2.89. The Morgan fingerprint density at radius 2 is 2.04 bits per heavy atom. The molecule has 1 N–H and O–H groups in total. The van der Waals surface area contributed by atoms with Gasteiger partial charge in [0.25, 0.3) is 5.91 Å². The highest BCUT2D eigenvalue weighted by molar-refractivity contribution is 7.16. The van der Waals surface area contributed by atoms with Crippen LogP contribution in [0.3, 0.4) is 0 Å². The van der Waals surface area contributed by atoms with Gasteiger partial charge < -0.3 is 14.6 Å². The first kappa shape index (κ1) is 17.3. The molecule has 2 aromatic heterocycles. The number of furan rings is 1. The molecule has 0 aliphatic heterocycles. The number of hydrogen-bond acceptors (Lipinski definition) is 4. The van der Waals surface area contributed by atoms with Gasteiger partial charge in [0.1, 0.15) is 5.00 Å². The van der Waals surface area contributed by atoms with E-state index in [0.29, 0.717) is 17.1 Å². The highest BCUT2D eigenvalue weighted by Crippen LogP contribution is 2.30. The number of anilines is 1. The summed E-state index contributed by atoms with van der Waals surface area (Å²) >= 11 is 1.41. The lowest BCUT2D eigenvalue weighted by molar-refractivity contribution is -0.123. The lowest BCUT2D eigenvalue weighted by Gasteiger charge is -2.19. The standard InChI is InChI=1S/C17H22N2O3S/c1-11-8-13(14(23-11)18-16(21)17(2,3)4)15(20)19(5)9-12-6-7-22-10-12/h6-8,10H,9H2,1-5H3,(H,18,21). The minimum absolute atomic E-state index is 0.106. The number of nitrogens with zero attached hydrogens (tertiary/aromatic N) is 1. The number of thiophene rings is 1. The molecule has 2 heterocycles. The third kappa shape index (κ3) is 4.22. The van der Waals surface area contributed by atoms with E-state index in [-0.39, 0.29) is 11.8 Å². The van der Waals surface area contributed by atoms with E-state index in [2.05, 4.69) is 5.32 Å². The molecule has 0 saturated carbocycles. The maximum atomic E-state index is 12.7. The van der Waals surface area contributed by atoms with E-state index >= 15 is 0 Å². The van der Waals surface area contributed by atoms with Crippen LogP contribution in [-0.2, 0) is 11.3 Å². The molecule has 2 rings (SSSR count). The summed E-state index contributed by atoms with van der Waals surface area (Å²) in [4.78, 5) is 27.5. The average molecular weight is 334 g/mol. The summed E-state index contributed by atoms with van der Waals surface area (Å²) in [5.41, 5.74) is 0.935. The lowest BCUT2D eigenvalue weighted by Crippen LogP contribution is -2.30. The van der Waals surface area contributed by atoms with Crippen molar-refractivity contribution in [1.82, 2.24) is 4.90 Å². The molecular weight excluding hydrogens is 312 g/mol. The van der Waals surface area contributed by atoms with E-state index in [0.717, 1.165) is 10.4 Å². The summed E-state index contributed by atoms with van der Waals surface area (Å²) in [5, 5.41) is 3.48. The number of carbonyl (C=O) groups is 2. The van der Waals surface area contributed by atoms with Gasteiger partial charge >= 0.3 is 0 Å². The quantitative estimate of drug-likeness (QED) is 0.922. The SMILES string of the molecule is Cc1cc(C(=O)N(C)Cc2ccoc2)c(NC(=O)C(C)(C)C)s1. The summed E-state index contributed by atoms with van der Waals surface area (Å²) in [6, 6.07) is 3.64. The maximum Gasteiger partial charge on any atom is 0.256 e. The number of aryl methyl sites for hydroxylation is 1. The van der Waals surface area contributed by atoms with Gasteiger partial charge in [0.15, 0.2) is 0 Å². The van der Waals surface area contributed by atoms with E-state index in [1.165, 1.54) is 11.3 Å². The van der Waals surface area contributed by atoms with E-state index in [1.807, 2.05) is 39.8 Å². The van der Waals surface area contributed by atoms with Crippen LogP contribution in [0.25, 0.3) is 0 Å². The van der Waals surface area contributed by atoms with Crippen molar-refractivity contribution in [2.45, 2.75) is 34.2 Å². The Bertz CT molecular complexity index is 696. The third-order valence-corrected chi connectivity index (χ3v) is 4.31. The largest absolute Gasteiger partial charge is 0.472 e. The molecule has 2 aromatic rings. The normalized spacial score (nSPS) is 11.3. The van der Waals surface area contributed by atoms with Crippen molar-refractivity contribution in [3.63, 3.8) is 0 Å². The summed E-state index contributed by atoms with van der Waals surface area (Å²) in [5.74, 6) is -0.231. The van der Waals surface area contributed by atoms with Gasteiger partial charge in [0.2, 0.25) is 5.91 Å². The number of amides is 2. The average Bonchev–Trinajstić information content (AvgIpc) is 3.06. The van der Waals surface area contributed by atoms with Crippen LogP contribution in [0.5, 0.6) is 0 Å². The summed E-state index contributed by atoms with van der Waals surface area (Å²) in [6.07, 6.45) is 3.20. The Kier molecular flexibility index (Phi) is 4.94. The Labute approximate surface area is 140 Å². The van der Waals surface area contributed by atoms with Gasteiger partial charge in [-0.15, -0.1) is 11.3 Å². The predicted octanol–water partition coefficient (Wildman–Crippen LogP) is 3.91. The van der Waals surface area contributed by atoms with Crippen molar-refractivity contribution in [1.29, 1.82) is 0 Å². The van der Waals surface area contributed by atoms with Crippen LogP contribution in [0.15, 0.2) is 29.1 Å². The molecule has 0 unspecified atom stereocenters. The summed E-state index contributed by atoms with van der Waals surface area (Å²) in [6.45, 7) is 7.90. The van der Waals surface area contributed by atoms with Crippen LogP contribution in [0, 0.1) is 12.3 Å².